The number of carboxylic acids is 1. The van der Waals surface area contributed by atoms with Gasteiger partial charge >= 0.3 is 5.97 Å². The molecule has 13 heavy (non-hydrogen) atoms. The van der Waals surface area contributed by atoms with Gasteiger partial charge in [-0.05, 0) is 12.1 Å². The second-order valence-electron chi connectivity index (χ2n) is 2.72. The van der Waals surface area contributed by atoms with Gasteiger partial charge in [0.2, 0.25) is 0 Å². The summed E-state index contributed by atoms with van der Waals surface area (Å²) in [7, 11) is 3.64. The van der Waals surface area contributed by atoms with E-state index < -0.39 is 5.97 Å². The van der Waals surface area contributed by atoms with Crippen molar-refractivity contribution in [2.45, 2.75) is 0 Å². The van der Waals surface area contributed by atoms with Crippen LogP contribution >= 0.6 is 12.4 Å². The highest BCUT2D eigenvalue weighted by Gasteiger charge is 2.09. The van der Waals surface area contributed by atoms with E-state index in [2.05, 4.69) is 0 Å². The molecule has 0 saturated carbocycles. The zero-order valence-corrected chi connectivity index (χ0v) is 8.34. The molecule has 72 valence electrons. The maximum atomic E-state index is 10.7. The predicted molar refractivity (Wildman–Crippen MR) is 55.0 cm³/mol. The smallest absolute Gasteiger partial charge is 0.337 e. The van der Waals surface area contributed by atoms with Crippen molar-refractivity contribution in [2.24, 2.45) is 0 Å². The molecule has 0 aliphatic carbocycles. The molecule has 0 fully saturated rings. The van der Waals surface area contributed by atoms with E-state index in [9.17, 15) is 4.79 Å². The fraction of sp³-hybridized carbons (Fsp3) is 0.222. The molecule has 0 aliphatic rings. The van der Waals surface area contributed by atoms with E-state index in [1.807, 2.05) is 20.2 Å². The van der Waals surface area contributed by atoms with Gasteiger partial charge in [-0.15, -0.1) is 12.4 Å². The van der Waals surface area contributed by atoms with Crippen molar-refractivity contribution < 1.29 is 9.90 Å². The summed E-state index contributed by atoms with van der Waals surface area (Å²) >= 11 is 0. The minimum Gasteiger partial charge on any atom is -0.478 e. The van der Waals surface area contributed by atoms with Crippen LogP contribution in [-0.4, -0.2) is 25.2 Å². The number of carboxylic acid groups (broad SMARTS) is 1. The highest BCUT2D eigenvalue weighted by molar-refractivity contribution is 5.94. The molecule has 0 heterocycles. The highest BCUT2D eigenvalue weighted by atomic mass is 35.5. The number of nitrogens with zero attached hydrogens (tertiary/aromatic N) is 1. The van der Waals surface area contributed by atoms with Gasteiger partial charge < -0.3 is 10.0 Å². The molecule has 0 radical (unpaired) electrons. The first-order chi connectivity index (χ1) is 5.63. The Balaban J connectivity index is 0.00000144. The zero-order chi connectivity index (χ0) is 9.14. The van der Waals surface area contributed by atoms with Crippen molar-refractivity contribution in [3.63, 3.8) is 0 Å². The number of aromatic carboxylic acids is 1. The van der Waals surface area contributed by atoms with Gasteiger partial charge in [0, 0.05) is 14.1 Å². The van der Waals surface area contributed by atoms with Crippen LogP contribution in [0.4, 0.5) is 5.69 Å². The van der Waals surface area contributed by atoms with E-state index in [4.69, 9.17) is 5.11 Å². The van der Waals surface area contributed by atoms with Gasteiger partial charge in [-0.25, -0.2) is 4.79 Å². The number of para-hydroxylation sites is 1. The first-order valence-electron chi connectivity index (χ1n) is 3.62. The molecule has 1 aromatic rings. The van der Waals surface area contributed by atoms with E-state index in [0.717, 1.165) is 5.69 Å². The predicted octanol–water partition coefficient (Wildman–Crippen LogP) is 1.87. The third-order valence-electron chi connectivity index (χ3n) is 1.62. The summed E-state index contributed by atoms with van der Waals surface area (Å²) in [6.45, 7) is 0. The lowest BCUT2D eigenvalue weighted by atomic mass is 10.2. The molecule has 0 aliphatic heterocycles. The number of hydrogen-bond donors (Lipinski definition) is 1. The Bertz CT molecular complexity index is 299. The quantitative estimate of drug-likeness (QED) is 0.794. The first kappa shape index (κ1) is 11.8. The second-order valence-corrected chi connectivity index (χ2v) is 2.72. The lowest BCUT2D eigenvalue weighted by Gasteiger charge is -2.14. The fourth-order valence-electron chi connectivity index (χ4n) is 1.04. The number of benzene rings is 1. The van der Waals surface area contributed by atoms with Gasteiger partial charge in [0.1, 0.15) is 0 Å². The summed E-state index contributed by atoms with van der Waals surface area (Å²) in [5.74, 6) is -0.890. The van der Waals surface area contributed by atoms with Crippen molar-refractivity contribution in [3.8, 4) is 0 Å². The fourth-order valence-corrected chi connectivity index (χ4v) is 1.04. The molecular formula is C9H12ClNO2. The monoisotopic (exact) mass is 201 g/mol. The summed E-state index contributed by atoms with van der Waals surface area (Å²) in [6.07, 6.45) is 0. The summed E-state index contributed by atoms with van der Waals surface area (Å²) in [5, 5.41) is 8.79. The lowest BCUT2D eigenvalue weighted by Crippen LogP contribution is -2.13. The topological polar surface area (TPSA) is 40.5 Å². The van der Waals surface area contributed by atoms with Crippen LogP contribution in [0.3, 0.4) is 0 Å². The molecule has 1 N–H and O–H groups in total. The molecule has 0 saturated heterocycles. The molecule has 3 nitrogen and oxygen atoms in total. The maximum absolute atomic E-state index is 10.7. The zero-order valence-electron chi connectivity index (χ0n) is 7.52. The van der Waals surface area contributed by atoms with Crippen molar-refractivity contribution in [1.82, 2.24) is 0 Å². The van der Waals surface area contributed by atoms with Crippen molar-refractivity contribution >= 4 is 24.1 Å². The Morgan fingerprint density at radius 2 is 1.85 bits per heavy atom. The van der Waals surface area contributed by atoms with Crippen LogP contribution in [-0.2, 0) is 0 Å². The van der Waals surface area contributed by atoms with Gasteiger partial charge in [-0.1, -0.05) is 12.1 Å². The number of anilines is 1. The van der Waals surface area contributed by atoms with E-state index in [1.165, 1.54) is 0 Å². The van der Waals surface area contributed by atoms with E-state index in [1.54, 1.807) is 23.1 Å². The molecule has 0 bridgehead atoms. The molecule has 0 amide bonds. The average Bonchev–Trinajstić information content (AvgIpc) is 2.04. The number of rotatable bonds is 2. The first-order valence-corrected chi connectivity index (χ1v) is 3.62. The normalized spacial score (nSPS) is 8.77. The summed E-state index contributed by atoms with van der Waals surface area (Å²) in [5.41, 5.74) is 1.06. The minimum absolute atomic E-state index is 0. The summed E-state index contributed by atoms with van der Waals surface area (Å²) < 4.78 is 0. The van der Waals surface area contributed by atoms with E-state index in [0.29, 0.717) is 5.56 Å². The standard InChI is InChI=1S/C9H11NO2.ClH/c1-10(2)8-6-4-3-5-7(8)9(11)12;/h3-6H,1-2H3,(H,11,12);1H. The van der Waals surface area contributed by atoms with Gasteiger partial charge in [0.15, 0.2) is 0 Å². The van der Waals surface area contributed by atoms with Crippen molar-refractivity contribution in [1.29, 1.82) is 0 Å². The van der Waals surface area contributed by atoms with Crippen LogP contribution in [0.2, 0.25) is 0 Å². The Morgan fingerprint density at radius 1 is 1.31 bits per heavy atom. The summed E-state index contributed by atoms with van der Waals surface area (Å²) in [6, 6.07) is 6.92. The van der Waals surface area contributed by atoms with Crippen LogP contribution in [0, 0.1) is 0 Å². The van der Waals surface area contributed by atoms with Crippen LogP contribution < -0.4 is 4.90 Å². The minimum atomic E-state index is -0.890. The Morgan fingerprint density at radius 3 is 2.23 bits per heavy atom. The van der Waals surface area contributed by atoms with Gasteiger partial charge in [0.05, 0.1) is 11.3 Å². The number of hydrogen-bond acceptors (Lipinski definition) is 2. The summed E-state index contributed by atoms with van der Waals surface area (Å²) in [4.78, 5) is 12.5. The Hall–Kier alpha value is -1.22. The van der Waals surface area contributed by atoms with Crippen LogP contribution in [0.15, 0.2) is 24.3 Å². The van der Waals surface area contributed by atoms with Crippen LogP contribution in [0.1, 0.15) is 10.4 Å². The largest absolute Gasteiger partial charge is 0.478 e. The van der Waals surface area contributed by atoms with Crippen LogP contribution in [0.5, 0.6) is 0 Å². The van der Waals surface area contributed by atoms with E-state index >= 15 is 0 Å². The maximum Gasteiger partial charge on any atom is 0.337 e. The average molecular weight is 202 g/mol. The third-order valence-corrected chi connectivity index (χ3v) is 1.62. The van der Waals surface area contributed by atoms with Gasteiger partial charge in [-0.3, -0.25) is 0 Å². The number of halogens is 1. The molecular weight excluding hydrogens is 190 g/mol. The molecule has 0 spiro atoms. The highest BCUT2D eigenvalue weighted by Crippen LogP contribution is 2.17. The van der Waals surface area contributed by atoms with Gasteiger partial charge in [-0.2, -0.15) is 0 Å². The molecule has 1 rings (SSSR count). The Labute approximate surface area is 83.4 Å². The SMILES string of the molecule is CN(C)c1ccccc1C(=O)O.Cl. The third kappa shape index (κ3) is 2.63. The molecule has 1 aromatic carbocycles. The lowest BCUT2D eigenvalue weighted by molar-refractivity contribution is 0.0697. The second kappa shape index (κ2) is 4.72. The van der Waals surface area contributed by atoms with Crippen LogP contribution in [0.25, 0.3) is 0 Å². The number of carbonyl (C=O) groups is 1. The van der Waals surface area contributed by atoms with Gasteiger partial charge in [0.25, 0.3) is 0 Å². The molecule has 0 aromatic heterocycles. The van der Waals surface area contributed by atoms with Crippen molar-refractivity contribution in [3.05, 3.63) is 29.8 Å². The molecule has 0 atom stereocenters. The van der Waals surface area contributed by atoms with E-state index in [-0.39, 0.29) is 12.4 Å². The Kier molecular flexibility index (Phi) is 4.28. The molecule has 0 unspecified atom stereocenters. The van der Waals surface area contributed by atoms with Crippen molar-refractivity contribution in [2.75, 3.05) is 19.0 Å². The molecule has 4 heteroatoms.